The molecule has 0 saturated heterocycles. The Morgan fingerprint density at radius 3 is 2.78 bits per heavy atom. The summed E-state index contributed by atoms with van der Waals surface area (Å²) in [6.07, 6.45) is 8.97. The van der Waals surface area contributed by atoms with Gasteiger partial charge in [-0.25, -0.2) is 0 Å². The molecule has 0 unspecified atom stereocenters. The minimum atomic E-state index is 0.302. The van der Waals surface area contributed by atoms with Crippen molar-refractivity contribution in [2.45, 2.75) is 51.4 Å². The molecule has 124 valence electrons. The Bertz CT molecular complexity index is 672. The van der Waals surface area contributed by atoms with Crippen LogP contribution in [0.25, 0.3) is 10.9 Å². The fourth-order valence-corrected chi connectivity index (χ4v) is 3.57. The summed E-state index contributed by atoms with van der Waals surface area (Å²) in [7, 11) is 0. The van der Waals surface area contributed by atoms with Crippen LogP contribution < -0.4 is 5.32 Å². The van der Waals surface area contributed by atoms with Crippen molar-refractivity contribution >= 4 is 28.2 Å². The second-order valence-corrected chi connectivity index (χ2v) is 6.78. The molecular weight excluding hydrogens is 308 g/mol. The summed E-state index contributed by atoms with van der Waals surface area (Å²) >= 11 is 6.15. The summed E-state index contributed by atoms with van der Waals surface area (Å²) in [4.78, 5) is 4.85. The molecule has 0 amide bonds. The Morgan fingerprint density at radius 2 is 1.91 bits per heavy atom. The zero-order valence-corrected chi connectivity index (χ0v) is 14.3. The number of aryl methyl sites for hydroxylation is 1. The Morgan fingerprint density at radius 1 is 1.09 bits per heavy atom. The number of aliphatic hydroxyl groups excluding tert-OH is 1. The summed E-state index contributed by atoms with van der Waals surface area (Å²) in [6.45, 7) is 1.27. The molecule has 0 spiro atoms. The molecule has 23 heavy (non-hydrogen) atoms. The zero-order chi connectivity index (χ0) is 16.1. The van der Waals surface area contributed by atoms with Crippen LogP contribution in [0, 0.1) is 0 Å². The summed E-state index contributed by atoms with van der Waals surface area (Å²) < 4.78 is 0. The average Bonchev–Trinajstić information content (AvgIpc) is 2.56. The van der Waals surface area contributed by atoms with E-state index in [0.717, 1.165) is 55.6 Å². The fraction of sp³-hybridized carbons (Fsp3) is 0.526. The van der Waals surface area contributed by atoms with Crippen LogP contribution in [0.2, 0.25) is 5.02 Å². The lowest BCUT2D eigenvalue weighted by Crippen LogP contribution is -2.12. The predicted octanol–water partition coefficient (Wildman–Crippen LogP) is 4.73. The highest BCUT2D eigenvalue weighted by Gasteiger charge is 2.18. The van der Waals surface area contributed by atoms with Crippen LogP contribution in [0.4, 0.5) is 5.69 Å². The minimum Gasteiger partial charge on any atom is -0.396 e. The number of fused-ring (bicyclic) bond motifs is 2. The van der Waals surface area contributed by atoms with Gasteiger partial charge in [0, 0.05) is 34.9 Å². The van der Waals surface area contributed by atoms with Gasteiger partial charge in [0.15, 0.2) is 0 Å². The summed E-state index contributed by atoms with van der Waals surface area (Å²) in [6, 6.07) is 6.01. The lowest BCUT2D eigenvalue weighted by molar-refractivity contribution is 0.283. The summed E-state index contributed by atoms with van der Waals surface area (Å²) in [5.41, 5.74) is 4.92. The molecule has 0 fully saturated rings. The van der Waals surface area contributed by atoms with E-state index in [4.69, 9.17) is 21.7 Å². The van der Waals surface area contributed by atoms with Gasteiger partial charge in [-0.2, -0.15) is 0 Å². The van der Waals surface area contributed by atoms with Gasteiger partial charge in [0.05, 0.1) is 5.52 Å². The first-order valence-electron chi connectivity index (χ1n) is 8.75. The first-order valence-corrected chi connectivity index (χ1v) is 9.13. The van der Waals surface area contributed by atoms with Gasteiger partial charge in [-0.15, -0.1) is 0 Å². The Balaban J connectivity index is 1.81. The third kappa shape index (κ3) is 3.96. The van der Waals surface area contributed by atoms with Gasteiger partial charge >= 0.3 is 0 Å². The Hall–Kier alpha value is -1.32. The molecule has 0 aliphatic heterocycles. The molecule has 1 aromatic heterocycles. The largest absolute Gasteiger partial charge is 0.396 e. The number of anilines is 1. The monoisotopic (exact) mass is 332 g/mol. The Kier molecular flexibility index (Phi) is 5.74. The first kappa shape index (κ1) is 16.5. The van der Waals surface area contributed by atoms with Gasteiger partial charge in [0.25, 0.3) is 0 Å². The third-order valence-corrected chi connectivity index (χ3v) is 4.85. The van der Waals surface area contributed by atoms with Crippen LogP contribution in [0.3, 0.4) is 0 Å². The van der Waals surface area contributed by atoms with Gasteiger partial charge in [0.2, 0.25) is 0 Å². The van der Waals surface area contributed by atoms with E-state index in [2.05, 4.69) is 11.4 Å². The normalized spacial score (nSPS) is 14.0. The number of unbranched alkanes of at least 4 members (excludes halogenated alkanes) is 3. The molecule has 0 radical (unpaired) electrons. The SMILES string of the molecule is OCCCCCCNc1c2c(nc3cc(Cl)ccc13)CCCC2. The molecule has 3 nitrogen and oxygen atoms in total. The number of nitrogens with one attached hydrogen (secondary N) is 1. The van der Waals surface area contributed by atoms with E-state index in [1.165, 1.54) is 35.2 Å². The number of nitrogens with zero attached hydrogens (tertiary/aromatic N) is 1. The number of pyridine rings is 1. The van der Waals surface area contributed by atoms with Crippen LogP contribution in [0.15, 0.2) is 18.2 Å². The second-order valence-electron chi connectivity index (χ2n) is 6.35. The van der Waals surface area contributed by atoms with E-state index in [9.17, 15) is 0 Å². The number of aliphatic hydroxyl groups is 1. The molecule has 1 aromatic carbocycles. The number of halogens is 1. The van der Waals surface area contributed by atoms with E-state index >= 15 is 0 Å². The molecule has 0 atom stereocenters. The zero-order valence-electron chi connectivity index (χ0n) is 13.6. The van der Waals surface area contributed by atoms with Crippen molar-refractivity contribution in [2.24, 2.45) is 0 Å². The van der Waals surface area contributed by atoms with E-state index in [1.807, 2.05) is 12.1 Å². The van der Waals surface area contributed by atoms with E-state index in [0.29, 0.717) is 6.61 Å². The van der Waals surface area contributed by atoms with Crippen LogP contribution in [0.1, 0.15) is 49.8 Å². The number of benzene rings is 1. The highest BCUT2D eigenvalue weighted by Crippen LogP contribution is 2.34. The third-order valence-electron chi connectivity index (χ3n) is 4.61. The van der Waals surface area contributed by atoms with Crippen molar-refractivity contribution in [1.29, 1.82) is 0 Å². The molecule has 0 bridgehead atoms. The predicted molar refractivity (Wildman–Crippen MR) is 97.4 cm³/mol. The van der Waals surface area contributed by atoms with E-state index in [1.54, 1.807) is 0 Å². The first-order chi connectivity index (χ1) is 11.3. The number of hydrogen-bond donors (Lipinski definition) is 2. The summed E-state index contributed by atoms with van der Waals surface area (Å²) in [5, 5.41) is 14.4. The number of rotatable bonds is 7. The smallest absolute Gasteiger partial charge is 0.0741 e. The molecule has 0 saturated carbocycles. The maximum Gasteiger partial charge on any atom is 0.0741 e. The lowest BCUT2D eigenvalue weighted by Gasteiger charge is -2.22. The van der Waals surface area contributed by atoms with Crippen molar-refractivity contribution in [1.82, 2.24) is 4.98 Å². The molecule has 3 rings (SSSR count). The molecular formula is C19H25ClN2O. The topological polar surface area (TPSA) is 45.1 Å². The van der Waals surface area contributed by atoms with Gasteiger partial charge in [-0.3, -0.25) is 4.98 Å². The number of hydrogen-bond acceptors (Lipinski definition) is 3. The maximum atomic E-state index is 8.84. The number of aromatic nitrogens is 1. The van der Waals surface area contributed by atoms with Crippen LogP contribution in [0.5, 0.6) is 0 Å². The van der Waals surface area contributed by atoms with E-state index in [-0.39, 0.29) is 0 Å². The van der Waals surface area contributed by atoms with Crippen LogP contribution in [-0.2, 0) is 12.8 Å². The van der Waals surface area contributed by atoms with E-state index < -0.39 is 0 Å². The minimum absolute atomic E-state index is 0.302. The molecule has 1 aliphatic carbocycles. The molecule has 2 N–H and O–H groups in total. The standard InChI is InChI=1S/C19H25ClN2O/c20-14-9-10-16-18(13-14)22-17-8-4-3-7-15(17)19(16)21-11-5-1-2-6-12-23/h9-10,13,23H,1-8,11-12H2,(H,21,22). The van der Waals surface area contributed by atoms with Gasteiger partial charge in [-0.1, -0.05) is 24.4 Å². The average molecular weight is 333 g/mol. The Labute approximate surface area is 143 Å². The fourth-order valence-electron chi connectivity index (χ4n) is 3.40. The van der Waals surface area contributed by atoms with Gasteiger partial charge in [0.1, 0.15) is 0 Å². The molecule has 1 heterocycles. The van der Waals surface area contributed by atoms with Gasteiger partial charge in [-0.05, 0) is 62.3 Å². The highest BCUT2D eigenvalue weighted by atomic mass is 35.5. The van der Waals surface area contributed by atoms with Crippen molar-refractivity contribution in [3.05, 3.63) is 34.5 Å². The van der Waals surface area contributed by atoms with Crippen molar-refractivity contribution in [3.63, 3.8) is 0 Å². The summed E-state index contributed by atoms with van der Waals surface area (Å²) in [5.74, 6) is 0. The molecule has 4 heteroatoms. The van der Waals surface area contributed by atoms with Crippen LogP contribution >= 0.6 is 11.6 Å². The van der Waals surface area contributed by atoms with Crippen LogP contribution in [-0.4, -0.2) is 23.2 Å². The molecule has 2 aromatic rings. The van der Waals surface area contributed by atoms with Crippen molar-refractivity contribution < 1.29 is 5.11 Å². The lowest BCUT2D eigenvalue weighted by atomic mass is 9.92. The maximum absolute atomic E-state index is 8.84. The quantitative estimate of drug-likeness (QED) is 0.720. The second kappa shape index (κ2) is 7.98. The highest BCUT2D eigenvalue weighted by molar-refractivity contribution is 6.31. The van der Waals surface area contributed by atoms with Crippen molar-refractivity contribution in [2.75, 3.05) is 18.5 Å². The molecule has 1 aliphatic rings. The van der Waals surface area contributed by atoms with Crippen molar-refractivity contribution in [3.8, 4) is 0 Å². The van der Waals surface area contributed by atoms with Gasteiger partial charge < -0.3 is 10.4 Å².